The highest BCUT2D eigenvalue weighted by atomic mass is 35.5. The Morgan fingerprint density at radius 3 is 2.78 bits per heavy atom. The summed E-state index contributed by atoms with van der Waals surface area (Å²) < 4.78 is 0. The van der Waals surface area contributed by atoms with Crippen molar-refractivity contribution in [1.82, 2.24) is 9.89 Å². The van der Waals surface area contributed by atoms with Crippen LogP contribution in [0.2, 0.25) is 5.15 Å². The first-order valence-electron chi connectivity index (χ1n) is 2.26. The topological polar surface area (TPSA) is 67.7 Å². The maximum atomic E-state index is 7.03. The van der Waals surface area contributed by atoms with E-state index in [1.54, 1.807) is 0 Å². The van der Waals surface area contributed by atoms with E-state index in [1.165, 1.54) is 12.1 Å². The molecule has 0 spiro atoms. The highest BCUT2D eigenvalue weighted by Gasteiger charge is 1.87. The van der Waals surface area contributed by atoms with Crippen molar-refractivity contribution in [3.8, 4) is 0 Å². The Hall–Kier alpha value is -1.03. The molecule has 1 aromatic rings. The summed E-state index contributed by atoms with van der Waals surface area (Å²) in [5.74, 6) is 5.15. The van der Waals surface area contributed by atoms with Crippen LogP contribution in [0.25, 0.3) is 0 Å². The number of nitrogen functional groups attached to an aromatic ring is 1. The lowest BCUT2D eigenvalue weighted by Crippen LogP contribution is -2.28. The fraction of sp³-hybridized carbons (Fsp3) is 0. The van der Waals surface area contributed by atoms with Crippen molar-refractivity contribution in [1.29, 1.82) is 5.41 Å². The second kappa shape index (κ2) is 2.06. The summed E-state index contributed by atoms with van der Waals surface area (Å²) in [5, 5.41) is 10.9. The number of nitrogens with one attached hydrogen (secondary N) is 1. The molecule has 0 fully saturated rings. The maximum absolute atomic E-state index is 7.03. The first-order chi connectivity index (χ1) is 4.20. The number of nitrogens with zero attached hydrogens (tertiary/aromatic N) is 2. The van der Waals surface area contributed by atoms with Crippen LogP contribution in [0, 0.1) is 5.41 Å². The Morgan fingerprint density at radius 1 is 1.67 bits per heavy atom. The fourth-order valence-electron chi connectivity index (χ4n) is 0.414. The predicted molar refractivity (Wildman–Crippen MR) is 33.2 cm³/mol. The van der Waals surface area contributed by atoms with E-state index in [9.17, 15) is 0 Å². The Morgan fingerprint density at radius 2 is 2.33 bits per heavy atom. The monoisotopic (exact) mass is 144 g/mol. The third kappa shape index (κ3) is 1.20. The lowest BCUT2D eigenvalue weighted by atomic mass is 10.6. The molecule has 0 saturated heterocycles. The second-order valence-electron chi connectivity index (χ2n) is 1.49. The van der Waals surface area contributed by atoms with E-state index in [0.717, 1.165) is 4.79 Å². The number of hydrogen-bond acceptors (Lipinski definition) is 3. The summed E-state index contributed by atoms with van der Waals surface area (Å²) in [5.41, 5.74) is 0.124. The fourth-order valence-corrected chi connectivity index (χ4v) is 0.559. The van der Waals surface area contributed by atoms with Gasteiger partial charge in [0.05, 0.1) is 0 Å². The summed E-state index contributed by atoms with van der Waals surface area (Å²) in [7, 11) is 0. The van der Waals surface area contributed by atoms with Gasteiger partial charge in [0.25, 0.3) is 0 Å². The lowest BCUT2D eigenvalue weighted by Gasteiger charge is -1.94. The predicted octanol–water partition coefficient (Wildman–Crippen LogP) is -0.270. The van der Waals surface area contributed by atoms with E-state index in [4.69, 9.17) is 22.9 Å². The molecule has 0 aliphatic rings. The highest BCUT2D eigenvalue weighted by Crippen LogP contribution is 1.95. The van der Waals surface area contributed by atoms with Gasteiger partial charge in [-0.1, -0.05) is 11.6 Å². The van der Waals surface area contributed by atoms with Crippen molar-refractivity contribution in [3.63, 3.8) is 0 Å². The van der Waals surface area contributed by atoms with Crippen molar-refractivity contribution in [3.05, 3.63) is 22.8 Å². The average molecular weight is 145 g/mol. The van der Waals surface area contributed by atoms with E-state index in [1.807, 2.05) is 0 Å². The van der Waals surface area contributed by atoms with E-state index in [-0.39, 0.29) is 10.6 Å². The summed E-state index contributed by atoms with van der Waals surface area (Å²) in [4.78, 5) is 0.905. The Kier molecular flexibility index (Phi) is 1.40. The van der Waals surface area contributed by atoms with E-state index in [2.05, 4.69) is 5.10 Å². The molecular formula is C4H5ClN4. The molecule has 5 heteroatoms. The quantitative estimate of drug-likeness (QED) is 0.493. The number of nitrogens with two attached hydrogens (primary N) is 1. The van der Waals surface area contributed by atoms with Crippen LogP contribution in [0.15, 0.2) is 12.1 Å². The van der Waals surface area contributed by atoms with Gasteiger partial charge in [-0.05, 0) is 12.1 Å². The number of aromatic nitrogens is 2. The average Bonchev–Trinajstić information content (AvgIpc) is 1.80. The van der Waals surface area contributed by atoms with Gasteiger partial charge < -0.3 is 5.84 Å². The second-order valence-corrected chi connectivity index (χ2v) is 1.87. The third-order valence-corrected chi connectivity index (χ3v) is 1.03. The zero-order valence-electron chi connectivity index (χ0n) is 4.50. The van der Waals surface area contributed by atoms with Crippen LogP contribution < -0.4 is 11.3 Å². The molecule has 0 amide bonds. The molecule has 0 atom stereocenters. The van der Waals surface area contributed by atoms with Gasteiger partial charge in [-0.3, -0.25) is 5.41 Å². The van der Waals surface area contributed by atoms with Gasteiger partial charge >= 0.3 is 0 Å². The summed E-state index contributed by atoms with van der Waals surface area (Å²) in [6.45, 7) is 0. The van der Waals surface area contributed by atoms with Crippen LogP contribution in [0.4, 0.5) is 0 Å². The Balaban J connectivity index is 3.34. The molecule has 0 radical (unpaired) electrons. The normalized spacial score (nSPS) is 9.44. The van der Waals surface area contributed by atoms with E-state index >= 15 is 0 Å². The van der Waals surface area contributed by atoms with Crippen LogP contribution in [0.5, 0.6) is 0 Å². The van der Waals surface area contributed by atoms with Crippen LogP contribution in [-0.4, -0.2) is 9.89 Å². The molecule has 3 N–H and O–H groups in total. The van der Waals surface area contributed by atoms with Gasteiger partial charge in [0, 0.05) is 0 Å². The molecule has 0 bridgehead atoms. The van der Waals surface area contributed by atoms with Gasteiger partial charge in [0.15, 0.2) is 10.6 Å². The summed E-state index contributed by atoms with van der Waals surface area (Å²) in [6, 6.07) is 2.97. The van der Waals surface area contributed by atoms with Crippen molar-refractivity contribution >= 4 is 11.6 Å². The number of rotatable bonds is 0. The van der Waals surface area contributed by atoms with Crippen LogP contribution in [0.1, 0.15) is 0 Å². The molecule has 0 aliphatic carbocycles. The van der Waals surface area contributed by atoms with Crippen LogP contribution in [-0.2, 0) is 0 Å². The van der Waals surface area contributed by atoms with Crippen molar-refractivity contribution in [2.75, 3.05) is 5.84 Å². The first kappa shape index (κ1) is 6.10. The van der Waals surface area contributed by atoms with Gasteiger partial charge in [-0.15, -0.1) is 5.10 Å². The van der Waals surface area contributed by atoms with Crippen LogP contribution in [0.3, 0.4) is 0 Å². The van der Waals surface area contributed by atoms with Gasteiger partial charge in [0.1, 0.15) is 0 Å². The molecule has 1 aromatic heterocycles. The first-order valence-corrected chi connectivity index (χ1v) is 2.63. The standard InChI is InChI=1S/C4H5ClN4/c5-3-1-2-4(6)9(7)8-3/h1-2,6H,7H2. The van der Waals surface area contributed by atoms with E-state index in [0.29, 0.717) is 0 Å². The zero-order valence-corrected chi connectivity index (χ0v) is 5.26. The molecule has 1 rings (SSSR count). The van der Waals surface area contributed by atoms with Gasteiger partial charge in [-0.2, -0.15) is 4.79 Å². The molecule has 0 saturated carbocycles. The highest BCUT2D eigenvalue weighted by molar-refractivity contribution is 6.29. The van der Waals surface area contributed by atoms with Gasteiger partial charge in [0.2, 0.25) is 0 Å². The molecule has 9 heavy (non-hydrogen) atoms. The molecule has 0 aliphatic heterocycles. The third-order valence-electron chi connectivity index (χ3n) is 0.829. The minimum absolute atomic E-state index is 0.124. The van der Waals surface area contributed by atoms with Crippen molar-refractivity contribution in [2.45, 2.75) is 0 Å². The summed E-state index contributed by atoms with van der Waals surface area (Å²) >= 11 is 5.42. The Labute approximate surface area is 56.3 Å². The minimum Gasteiger partial charge on any atom is -0.321 e. The molecule has 48 valence electrons. The van der Waals surface area contributed by atoms with Crippen molar-refractivity contribution < 1.29 is 0 Å². The summed E-state index contributed by atoms with van der Waals surface area (Å²) in [6.07, 6.45) is 0. The minimum atomic E-state index is 0.124. The molecule has 1 heterocycles. The largest absolute Gasteiger partial charge is 0.321 e. The number of halogens is 1. The van der Waals surface area contributed by atoms with Crippen molar-refractivity contribution in [2.24, 2.45) is 0 Å². The molecular weight excluding hydrogens is 140 g/mol. The molecule has 4 nitrogen and oxygen atoms in total. The smallest absolute Gasteiger partial charge is 0.164 e. The Bertz CT molecular complexity index is 266. The van der Waals surface area contributed by atoms with E-state index < -0.39 is 0 Å². The lowest BCUT2D eigenvalue weighted by molar-refractivity contribution is 0.733. The number of hydrogen-bond donors (Lipinski definition) is 2. The molecule has 0 unspecified atom stereocenters. The van der Waals surface area contributed by atoms with Crippen LogP contribution >= 0.6 is 11.6 Å². The SMILES string of the molecule is N=c1ccc(Cl)nn1N. The zero-order chi connectivity index (χ0) is 6.85. The maximum Gasteiger partial charge on any atom is 0.164 e. The van der Waals surface area contributed by atoms with Gasteiger partial charge in [-0.25, -0.2) is 0 Å². The molecule has 0 aromatic carbocycles.